The van der Waals surface area contributed by atoms with E-state index >= 15 is 0 Å². The second-order valence-electron chi connectivity index (χ2n) is 3.45. The fourth-order valence-electron chi connectivity index (χ4n) is 1.41. The maximum atomic E-state index is 3.96. The van der Waals surface area contributed by atoms with Crippen LogP contribution < -0.4 is 5.32 Å². The summed E-state index contributed by atoms with van der Waals surface area (Å²) in [7, 11) is 0. The zero-order valence-electron chi connectivity index (χ0n) is 8.64. The molecule has 0 aliphatic carbocycles. The summed E-state index contributed by atoms with van der Waals surface area (Å²) in [6.07, 6.45) is 1.66. The standard InChI is InChI=1S/C12H13N3/c1-10-4-2-5-11(8-10)9-13-12-6-3-7-14-15-12/h2-8H,9H2,1H3,(H,13,15). The summed E-state index contributed by atoms with van der Waals surface area (Å²) in [5.74, 6) is 0.805. The van der Waals surface area contributed by atoms with Gasteiger partial charge < -0.3 is 5.32 Å². The molecule has 0 bridgehead atoms. The lowest BCUT2D eigenvalue weighted by Gasteiger charge is -2.04. The van der Waals surface area contributed by atoms with Crippen LogP contribution in [0.1, 0.15) is 11.1 Å². The minimum absolute atomic E-state index is 0.778. The Kier molecular flexibility index (Phi) is 2.93. The molecule has 0 saturated carbocycles. The number of rotatable bonds is 3. The Morgan fingerprint density at radius 3 is 2.87 bits per heavy atom. The molecule has 3 heteroatoms. The van der Waals surface area contributed by atoms with Gasteiger partial charge in [-0.25, -0.2) is 0 Å². The van der Waals surface area contributed by atoms with Gasteiger partial charge in [-0.15, -0.1) is 5.10 Å². The minimum atomic E-state index is 0.778. The SMILES string of the molecule is Cc1cccc(CNc2cccnn2)c1. The number of hydrogen-bond acceptors (Lipinski definition) is 3. The largest absolute Gasteiger partial charge is 0.365 e. The van der Waals surface area contributed by atoms with Gasteiger partial charge in [0.05, 0.1) is 0 Å². The van der Waals surface area contributed by atoms with E-state index in [1.807, 2.05) is 12.1 Å². The molecule has 0 amide bonds. The van der Waals surface area contributed by atoms with Crippen LogP contribution in [0.25, 0.3) is 0 Å². The van der Waals surface area contributed by atoms with E-state index in [1.165, 1.54) is 11.1 Å². The topological polar surface area (TPSA) is 37.8 Å². The number of anilines is 1. The maximum absolute atomic E-state index is 3.96. The zero-order valence-corrected chi connectivity index (χ0v) is 8.64. The molecule has 0 fully saturated rings. The molecule has 0 aliphatic rings. The Hall–Kier alpha value is -1.90. The second kappa shape index (κ2) is 4.55. The summed E-state index contributed by atoms with van der Waals surface area (Å²) in [5.41, 5.74) is 2.52. The molecule has 0 spiro atoms. The molecular formula is C12H13N3. The number of hydrogen-bond donors (Lipinski definition) is 1. The van der Waals surface area contributed by atoms with Gasteiger partial charge in [-0.3, -0.25) is 0 Å². The highest BCUT2D eigenvalue weighted by Gasteiger charge is 1.94. The summed E-state index contributed by atoms with van der Waals surface area (Å²) in [6.45, 7) is 2.87. The van der Waals surface area contributed by atoms with E-state index in [2.05, 4.69) is 46.7 Å². The molecule has 1 aromatic heterocycles. The second-order valence-corrected chi connectivity index (χ2v) is 3.45. The van der Waals surface area contributed by atoms with Crippen molar-refractivity contribution < 1.29 is 0 Å². The van der Waals surface area contributed by atoms with E-state index < -0.39 is 0 Å². The first kappa shape index (κ1) is 9.65. The van der Waals surface area contributed by atoms with E-state index in [4.69, 9.17) is 0 Å². The number of nitrogens with zero attached hydrogens (tertiary/aromatic N) is 2. The third-order valence-corrected chi connectivity index (χ3v) is 2.13. The third kappa shape index (κ3) is 2.77. The van der Waals surface area contributed by atoms with Gasteiger partial charge in [0.25, 0.3) is 0 Å². The summed E-state index contributed by atoms with van der Waals surface area (Å²) in [6, 6.07) is 12.2. The van der Waals surface area contributed by atoms with Gasteiger partial charge >= 0.3 is 0 Å². The minimum Gasteiger partial charge on any atom is -0.365 e. The van der Waals surface area contributed by atoms with E-state index in [-0.39, 0.29) is 0 Å². The van der Waals surface area contributed by atoms with Crippen LogP contribution in [0, 0.1) is 6.92 Å². The monoisotopic (exact) mass is 199 g/mol. The highest BCUT2D eigenvalue weighted by Crippen LogP contribution is 2.06. The molecule has 0 aliphatic heterocycles. The van der Waals surface area contributed by atoms with Crippen molar-refractivity contribution in [3.63, 3.8) is 0 Å². The first-order valence-electron chi connectivity index (χ1n) is 4.92. The molecule has 0 atom stereocenters. The fraction of sp³-hybridized carbons (Fsp3) is 0.167. The van der Waals surface area contributed by atoms with Crippen LogP contribution in [0.4, 0.5) is 5.82 Å². The number of aromatic nitrogens is 2. The molecule has 1 heterocycles. The Morgan fingerprint density at radius 2 is 2.13 bits per heavy atom. The highest BCUT2D eigenvalue weighted by molar-refractivity contribution is 5.34. The number of aryl methyl sites for hydroxylation is 1. The van der Waals surface area contributed by atoms with Gasteiger partial charge in [-0.1, -0.05) is 29.8 Å². The third-order valence-electron chi connectivity index (χ3n) is 2.13. The predicted molar refractivity (Wildman–Crippen MR) is 60.5 cm³/mol. The van der Waals surface area contributed by atoms with Crippen molar-refractivity contribution >= 4 is 5.82 Å². The van der Waals surface area contributed by atoms with E-state index in [9.17, 15) is 0 Å². The molecule has 1 aromatic carbocycles. The first-order chi connectivity index (χ1) is 7.34. The van der Waals surface area contributed by atoms with Crippen molar-refractivity contribution in [1.29, 1.82) is 0 Å². The van der Waals surface area contributed by atoms with Crippen molar-refractivity contribution in [3.05, 3.63) is 53.7 Å². The van der Waals surface area contributed by atoms with Crippen molar-refractivity contribution in [2.24, 2.45) is 0 Å². The van der Waals surface area contributed by atoms with E-state index in [0.29, 0.717) is 0 Å². The van der Waals surface area contributed by atoms with Crippen molar-refractivity contribution in [3.8, 4) is 0 Å². The predicted octanol–water partition coefficient (Wildman–Crippen LogP) is 2.40. The number of benzene rings is 1. The lowest BCUT2D eigenvalue weighted by Crippen LogP contribution is -2.01. The molecule has 0 saturated heterocycles. The van der Waals surface area contributed by atoms with Crippen molar-refractivity contribution in [1.82, 2.24) is 10.2 Å². The van der Waals surface area contributed by atoms with E-state index in [0.717, 1.165) is 12.4 Å². The highest BCUT2D eigenvalue weighted by atomic mass is 15.2. The normalized spacial score (nSPS) is 9.93. The Morgan fingerprint density at radius 1 is 1.20 bits per heavy atom. The molecule has 2 rings (SSSR count). The Labute approximate surface area is 89.2 Å². The molecule has 15 heavy (non-hydrogen) atoms. The van der Waals surface area contributed by atoms with Crippen LogP contribution in [0.15, 0.2) is 42.6 Å². The Balaban J connectivity index is 1.99. The molecule has 0 radical (unpaired) electrons. The lowest BCUT2D eigenvalue weighted by molar-refractivity contribution is 0.999. The number of nitrogens with one attached hydrogen (secondary N) is 1. The molecule has 3 nitrogen and oxygen atoms in total. The smallest absolute Gasteiger partial charge is 0.148 e. The molecule has 76 valence electrons. The molecule has 1 N–H and O–H groups in total. The van der Waals surface area contributed by atoms with Gasteiger partial charge in [0.1, 0.15) is 5.82 Å². The van der Waals surface area contributed by atoms with Crippen LogP contribution in [-0.2, 0) is 6.54 Å². The average Bonchev–Trinajstić information content (AvgIpc) is 2.28. The summed E-state index contributed by atoms with van der Waals surface area (Å²) >= 11 is 0. The molecule has 2 aromatic rings. The molecule has 0 unspecified atom stereocenters. The van der Waals surface area contributed by atoms with Crippen LogP contribution in [0.5, 0.6) is 0 Å². The van der Waals surface area contributed by atoms with Gasteiger partial charge in [-0.2, -0.15) is 5.10 Å². The Bertz CT molecular complexity index is 426. The van der Waals surface area contributed by atoms with Gasteiger partial charge in [0, 0.05) is 12.7 Å². The van der Waals surface area contributed by atoms with E-state index in [1.54, 1.807) is 6.20 Å². The van der Waals surface area contributed by atoms with Crippen LogP contribution >= 0.6 is 0 Å². The molecular weight excluding hydrogens is 186 g/mol. The summed E-state index contributed by atoms with van der Waals surface area (Å²) in [5, 5.41) is 11.0. The maximum Gasteiger partial charge on any atom is 0.148 e. The van der Waals surface area contributed by atoms with Crippen LogP contribution in [0.2, 0.25) is 0 Å². The van der Waals surface area contributed by atoms with Crippen LogP contribution in [0.3, 0.4) is 0 Å². The summed E-state index contributed by atoms with van der Waals surface area (Å²) < 4.78 is 0. The van der Waals surface area contributed by atoms with Gasteiger partial charge in [-0.05, 0) is 24.6 Å². The average molecular weight is 199 g/mol. The first-order valence-corrected chi connectivity index (χ1v) is 4.92. The van der Waals surface area contributed by atoms with Gasteiger partial charge in [0.15, 0.2) is 0 Å². The fourth-order valence-corrected chi connectivity index (χ4v) is 1.41. The quantitative estimate of drug-likeness (QED) is 0.824. The van der Waals surface area contributed by atoms with Crippen molar-refractivity contribution in [2.75, 3.05) is 5.32 Å². The van der Waals surface area contributed by atoms with Gasteiger partial charge in [0.2, 0.25) is 0 Å². The summed E-state index contributed by atoms with van der Waals surface area (Å²) in [4.78, 5) is 0. The lowest BCUT2D eigenvalue weighted by atomic mass is 10.1. The van der Waals surface area contributed by atoms with Crippen molar-refractivity contribution in [2.45, 2.75) is 13.5 Å². The van der Waals surface area contributed by atoms with Crippen LogP contribution in [-0.4, -0.2) is 10.2 Å². The zero-order chi connectivity index (χ0) is 10.5.